The summed E-state index contributed by atoms with van der Waals surface area (Å²) in [6.07, 6.45) is 0. The summed E-state index contributed by atoms with van der Waals surface area (Å²) in [4.78, 5) is 11.3. The molecule has 0 radical (unpaired) electrons. The molecule has 0 spiro atoms. The standard InChI is InChI=1S/C16H17NO4S/c1-10-7-8-15(11(2)9-10)22(20,21)17-14-6-4-5-13(12(14)3)16(18)19/h4-9,17H,1-3H3,(H,18,19). The number of hydrogen-bond donors (Lipinski definition) is 2. The Bertz CT molecular complexity index is 841. The Hall–Kier alpha value is -2.34. The van der Waals surface area contributed by atoms with Crippen molar-refractivity contribution in [3.05, 3.63) is 58.7 Å². The highest BCUT2D eigenvalue weighted by molar-refractivity contribution is 7.92. The number of aryl methyl sites for hydroxylation is 2. The summed E-state index contributed by atoms with van der Waals surface area (Å²) in [5.74, 6) is -1.09. The van der Waals surface area contributed by atoms with Crippen LogP contribution in [0.4, 0.5) is 5.69 Å². The summed E-state index contributed by atoms with van der Waals surface area (Å²) in [6, 6.07) is 9.55. The van der Waals surface area contributed by atoms with Crippen LogP contribution in [0.5, 0.6) is 0 Å². The molecule has 0 aliphatic heterocycles. The third kappa shape index (κ3) is 3.12. The van der Waals surface area contributed by atoms with E-state index in [1.165, 1.54) is 12.1 Å². The molecule has 22 heavy (non-hydrogen) atoms. The van der Waals surface area contributed by atoms with Crippen LogP contribution in [0.2, 0.25) is 0 Å². The van der Waals surface area contributed by atoms with E-state index < -0.39 is 16.0 Å². The molecule has 0 aliphatic rings. The molecule has 0 heterocycles. The van der Waals surface area contributed by atoms with Crippen molar-refractivity contribution in [3.8, 4) is 0 Å². The highest BCUT2D eigenvalue weighted by Gasteiger charge is 2.19. The van der Waals surface area contributed by atoms with Crippen molar-refractivity contribution < 1.29 is 18.3 Å². The summed E-state index contributed by atoms with van der Waals surface area (Å²) >= 11 is 0. The van der Waals surface area contributed by atoms with Gasteiger partial charge in [-0.1, -0.05) is 23.8 Å². The number of rotatable bonds is 4. The Labute approximate surface area is 129 Å². The first-order chi connectivity index (χ1) is 10.2. The van der Waals surface area contributed by atoms with Gasteiger partial charge in [-0.15, -0.1) is 0 Å². The maximum atomic E-state index is 12.5. The van der Waals surface area contributed by atoms with E-state index in [9.17, 15) is 13.2 Å². The molecular formula is C16H17NO4S. The lowest BCUT2D eigenvalue weighted by atomic mass is 10.1. The second-order valence-corrected chi connectivity index (χ2v) is 6.81. The Morgan fingerprint density at radius 2 is 1.77 bits per heavy atom. The lowest BCUT2D eigenvalue weighted by molar-refractivity contribution is 0.0696. The number of anilines is 1. The fraction of sp³-hybridized carbons (Fsp3) is 0.188. The zero-order valence-corrected chi connectivity index (χ0v) is 13.4. The van der Waals surface area contributed by atoms with Gasteiger partial charge in [-0.2, -0.15) is 0 Å². The first kappa shape index (κ1) is 16.0. The van der Waals surface area contributed by atoms with Gasteiger partial charge >= 0.3 is 5.97 Å². The average Bonchev–Trinajstić information content (AvgIpc) is 2.40. The quantitative estimate of drug-likeness (QED) is 0.907. The van der Waals surface area contributed by atoms with Gasteiger partial charge in [-0.25, -0.2) is 13.2 Å². The number of benzene rings is 2. The lowest BCUT2D eigenvalue weighted by Gasteiger charge is -2.14. The van der Waals surface area contributed by atoms with E-state index >= 15 is 0 Å². The molecule has 6 heteroatoms. The third-order valence-corrected chi connectivity index (χ3v) is 4.95. The van der Waals surface area contributed by atoms with Crippen LogP contribution in [0.1, 0.15) is 27.0 Å². The van der Waals surface area contributed by atoms with Crippen molar-refractivity contribution in [3.63, 3.8) is 0 Å². The van der Waals surface area contributed by atoms with Crippen molar-refractivity contribution in [2.45, 2.75) is 25.7 Å². The number of carbonyl (C=O) groups is 1. The average molecular weight is 319 g/mol. The zero-order chi connectivity index (χ0) is 16.5. The van der Waals surface area contributed by atoms with Crippen LogP contribution in [-0.2, 0) is 10.0 Å². The van der Waals surface area contributed by atoms with E-state index in [0.717, 1.165) is 5.56 Å². The minimum Gasteiger partial charge on any atom is -0.478 e. The highest BCUT2D eigenvalue weighted by Crippen LogP contribution is 2.24. The molecule has 0 aliphatic carbocycles. The number of carboxylic acids is 1. The molecule has 2 rings (SSSR count). The fourth-order valence-corrected chi connectivity index (χ4v) is 3.63. The van der Waals surface area contributed by atoms with Gasteiger partial charge in [0.05, 0.1) is 16.1 Å². The van der Waals surface area contributed by atoms with E-state index in [4.69, 9.17) is 5.11 Å². The Morgan fingerprint density at radius 1 is 1.09 bits per heavy atom. The van der Waals surface area contributed by atoms with Crippen LogP contribution in [0.25, 0.3) is 0 Å². The van der Waals surface area contributed by atoms with E-state index in [0.29, 0.717) is 11.1 Å². The normalized spacial score (nSPS) is 11.2. The lowest BCUT2D eigenvalue weighted by Crippen LogP contribution is -2.16. The Morgan fingerprint density at radius 3 is 2.36 bits per heavy atom. The Balaban J connectivity index is 2.46. The van der Waals surface area contributed by atoms with Crippen LogP contribution in [0.3, 0.4) is 0 Å². The maximum absolute atomic E-state index is 12.5. The number of hydrogen-bond acceptors (Lipinski definition) is 3. The second-order valence-electron chi connectivity index (χ2n) is 5.16. The molecule has 2 aromatic rings. The van der Waals surface area contributed by atoms with Gasteiger partial charge in [0, 0.05) is 0 Å². The molecule has 2 N–H and O–H groups in total. The molecule has 2 aromatic carbocycles. The monoisotopic (exact) mass is 319 g/mol. The smallest absolute Gasteiger partial charge is 0.336 e. The molecular weight excluding hydrogens is 302 g/mol. The van der Waals surface area contributed by atoms with Gasteiger partial charge in [-0.3, -0.25) is 4.72 Å². The number of sulfonamides is 1. The van der Waals surface area contributed by atoms with Crippen molar-refractivity contribution in [2.24, 2.45) is 0 Å². The van der Waals surface area contributed by atoms with Crippen molar-refractivity contribution in [1.82, 2.24) is 0 Å². The van der Waals surface area contributed by atoms with Crippen LogP contribution < -0.4 is 4.72 Å². The topological polar surface area (TPSA) is 83.5 Å². The second kappa shape index (κ2) is 5.81. The molecule has 116 valence electrons. The van der Waals surface area contributed by atoms with E-state index in [1.54, 1.807) is 38.1 Å². The van der Waals surface area contributed by atoms with Gasteiger partial charge in [0.25, 0.3) is 10.0 Å². The minimum absolute atomic E-state index is 0.0702. The zero-order valence-electron chi connectivity index (χ0n) is 12.5. The maximum Gasteiger partial charge on any atom is 0.336 e. The fourth-order valence-electron chi connectivity index (χ4n) is 2.28. The van der Waals surface area contributed by atoms with Crippen LogP contribution in [-0.4, -0.2) is 19.5 Å². The summed E-state index contributed by atoms with van der Waals surface area (Å²) in [5, 5.41) is 9.10. The van der Waals surface area contributed by atoms with Gasteiger partial charge in [0.2, 0.25) is 0 Å². The van der Waals surface area contributed by atoms with Gasteiger partial charge in [0.1, 0.15) is 0 Å². The molecule has 0 atom stereocenters. The van der Waals surface area contributed by atoms with Crippen molar-refractivity contribution in [1.29, 1.82) is 0 Å². The van der Waals surface area contributed by atoms with E-state index in [-0.39, 0.29) is 16.1 Å². The molecule has 0 aromatic heterocycles. The summed E-state index contributed by atoms with van der Waals surface area (Å²) in [6.45, 7) is 5.18. The minimum atomic E-state index is -3.77. The molecule has 0 saturated carbocycles. The predicted molar refractivity (Wildman–Crippen MR) is 84.9 cm³/mol. The molecule has 0 bridgehead atoms. The van der Waals surface area contributed by atoms with Crippen molar-refractivity contribution in [2.75, 3.05) is 4.72 Å². The Kier molecular flexibility index (Phi) is 4.23. The molecule has 0 amide bonds. The molecule has 0 saturated heterocycles. The van der Waals surface area contributed by atoms with Crippen LogP contribution >= 0.6 is 0 Å². The molecule has 0 fully saturated rings. The van der Waals surface area contributed by atoms with Gasteiger partial charge in [-0.05, 0) is 50.1 Å². The van der Waals surface area contributed by atoms with Crippen LogP contribution in [0.15, 0.2) is 41.3 Å². The van der Waals surface area contributed by atoms with Gasteiger partial charge in [0.15, 0.2) is 0 Å². The summed E-state index contributed by atoms with van der Waals surface area (Å²) in [7, 11) is -3.77. The van der Waals surface area contributed by atoms with E-state index in [1.807, 2.05) is 6.92 Å². The first-order valence-electron chi connectivity index (χ1n) is 6.65. The third-order valence-electron chi connectivity index (χ3n) is 3.43. The first-order valence-corrected chi connectivity index (χ1v) is 8.13. The number of aromatic carboxylic acids is 1. The summed E-state index contributed by atoms with van der Waals surface area (Å²) in [5.41, 5.74) is 2.32. The molecule has 5 nitrogen and oxygen atoms in total. The number of carboxylic acid groups (broad SMARTS) is 1. The summed E-state index contributed by atoms with van der Waals surface area (Å²) < 4.78 is 27.5. The SMILES string of the molecule is Cc1ccc(S(=O)(=O)Nc2cccc(C(=O)O)c2C)c(C)c1. The van der Waals surface area contributed by atoms with E-state index in [2.05, 4.69) is 4.72 Å². The molecule has 0 unspecified atom stereocenters. The largest absolute Gasteiger partial charge is 0.478 e. The van der Waals surface area contributed by atoms with Crippen LogP contribution in [0, 0.1) is 20.8 Å². The van der Waals surface area contributed by atoms with Crippen molar-refractivity contribution >= 4 is 21.7 Å². The van der Waals surface area contributed by atoms with Gasteiger partial charge < -0.3 is 5.11 Å². The number of nitrogens with one attached hydrogen (secondary N) is 1. The predicted octanol–water partition coefficient (Wildman–Crippen LogP) is 3.11. The highest BCUT2D eigenvalue weighted by atomic mass is 32.2.